The summed E-state index contributed by atoms with van der Waals surface area (Å²) < 4.78 is 0. The van der Waals surface area contributed by atoms with Gasteiger partial charge in [0.25, 0.3) is 11.8 Å². The SMILES string of the molecule is CC1CC(=O)N(CCCCCCNC(=O)CCCC(=O)ON2C(=O)CCC2=O)N=C1c1ccc(NC(=O)N2Cc3ccncc3C2)cc1. The van der Waals surface area contributed by atoms with E-state index in [1.807, 2.05) is 37.3 Å². The summed E-state index contributed by atoms with van der Waals surface area (Å²) in [5.74, 6) is -2.00. The maximum atomic E-state index is 12.8. The Balaban J connectivity index is 0.970. The van der Waals surface area contributed by atoms with Crippen molar-refractivity contribution in [2.45, 2.75) is 84.2 Å². The van der Waals surface area contributed by atoms with Crippen LogP contribution in [0, 0.1) is 5.92 Å². The molecular formula is C34H41N7O7. The number of imide groups is 1. The maximum absolute atomic E-state index is 12.8. The van der Waals surface area contributed by atoms with Crippen LogP contribution in [-0.4, -0.2) is 74.4 Å². The zero-order valence-corrected chi connectivity index (χ0v) is 27.1. The predicted octanol–water partition coefficient (Wildman–Crippen LogP) is 3.66. The third-order valence-electron chi connectivity index (χ3n) is 8.51. The summed E-state index contributed by atoms with van der Waals surface area (Å²) in [7, 11) is 0. The van der Waals surface area contributed by atoms with Gasteiger partial charge in [0, 0.05) is 82.3 Å². The quantitative estimate of drug-likeness (QED) is 0.229. The number of hydrogen-bond donors (Lipinski definition) is 2. The average Bonchev–Trinajstić information content (AvgIpc) is 3.64. The summed E-state index contributed by atoms with van der Waals surface area (Å²) in [4.78, 5) is 83.1. The number of hydrazone groups is 1. The molecule has 2 aromatic rings. The molecule has 3 aliphatic heterocycles. The van der Waals surface area contributed by atoms with Crippen molar-refractivity contribution in [1.82, 2.24) is 25.3 Å². The fraction of sp³-hybridized carbons (Fsp3) is 0.471. The predicted molar refractivity (Wildman–Crippen MR) is 173 cm³/mol. The summed E-state index contributed by atoms with van der Waals surface area (Å²) in [5.41, 5.74) is 4.59. The molecule has 5 rings (SSSR count). The molecule has 254 valence electrons. The van der Waals surface area contributed by atoms with E-state index in [1.165, 1.54) is 0 Å². The number of nitrogens with zero attached hydrogens (tertiary/aromatic N) is 5. The summed E-state index contributed by atoms with van der Waals surface area (Å²) >= 11 is 0. The van der Waals surface area contributed by atoms with Crippen molar-refractivity contribution in [2.24, 2.45) is 11.0 Å². The molecule has 1 unspecified atom stereocenters. The van der Waals surface area contributed by atoms with Crippen LogP contribution in [0.25, 0.3) is 0 Å². The van der Waals surface area contributed by atoms with Gasteiger partial charge >= 0.3 is 12.0 Å². The molecule has 48 heavy (non-hydrogen) atoms. The molecule has 0 bridgehead atoms. The molecule has 0 saturated carbocycles. The topological polar surface area (TPSA) is 171 Å². The number of hydrogen-bond acceptors (Lipinski definition) is 9. The second-order valence-corrected chi connectivity index (χ2v) is 12.3. The van der Waals surface area contributed by atoms with E-state index in [4.69, 9.17) is 9.94 Å². The zero-order chi connectivity index (χ0) is 34.0. The summed E-state index contributed by atoms with van der Waals surface area (Å²) in [6.07, 6.45) is 7.57. The first-order chi connectivity index (χ1) is 23.2. The van der Waals surface area contributed by atoms with Gasteiger partial charge in [-0.25, -0.2) is 14.6 Å². The molecule has 1 saturated heterocycles. The van der Waals surface area contributed by atoms with Crippen LogP contribution in [0.3, 0.4) is 0 Å². The Bertz CT molecular complexity index is 1530. The van der Waals surface area contributed by atoms with E-state index in [2.05, 4.69) is 15.6 Å². The van der Waals surface area contributed by atoms with Crippen molar-refractivity contribution in [2.75, 3.05) is 18.4 Å². The van der Waals surface area contributed by atoms with Crippen molar-refractivity contribution >= 4 is 47.0 Å². The number of nitrogens with one attached hydrogen (secondary N) is 2. The van der Waals surface area contributed by atoms with Gasteiger partial charge in [-0.05, 0) is 54.2 Å². The molecule has 0 radical (unpaired) electrons. The van der Waals surface area contributed by atoms with Crippen LogP contribution in [0.1, 0.15) is 87.8 Å². The molecule has 6 amide bonds. The molecule has 14 heteroatoms. The first-order valence-corrected chi connectivity index (χ1v) is 16.5. The van der Waals surface area contributed by atoms with Gasteiger partial charge in [0.05, 0.1) is 5.71 Å². The first-order valence-electron chi connectivity index (χ1n) is 16.5. The molecule has 3 aliphatic rings. The van der Waals surface area contributed by atoms with E-state index in [9.17, 15) is 28.8 Å². The fourth-order valence-electron chi connectivity index (χ4n) is 5.81. The standard InChI is InChI=1S/C34H41N7O7/c1-23-19-31(45)40(18-5-3-2-4-16-36-28(42)7-6-8-32(46)48-41-29(43)13-14-30(41)44)38-33(23)24-9-11-27(12-10-24)37-34(47)39-21-25-15-17-35-20-26(25)22-39/h9-12,15,17,20,23H,2-8,13-14,16,18-19,21-22H2,1H3,(H,36,42)(H,37,47). The number of carbonyl (C=O) groups excluding carboxylic acids is 6. The highest BCUT2D eigenvalue weighted by Crippen LogP contribution is 2.25. The third-order valence-corrected chi connectivity index (χ3v) is 8.51. The van der Waals surface area contributed by atoms with Crippen LogP contribution in [0.15, 0.2) is 47.8 Å². The molecule has 1 atom stereocenters. The summed E-state index contributed by atoms with van der Waals surface area (Å²) in [6, 6.07) is 9.30. The fourth-order valence-corrected chi connectivity index (χ4v) is 5.81. The van der Waals surface area contributed by atoms with E-state index in [1.54, 1.807) is 22.3 Å². The average molecular weight is 660 g/mol. The van der Waals surface area contributed by atoms with E-state index in [0.29, 0.717) is 43.4 Å². The third kappa shape index (κ3) is 9.02. The largest absolute Gasteiger partial charge is 0.356 e. The summed E-state index contributed by atoms with van der Waals surface area (Å²) in [5, 5.41) is 12.5. The number of pyridine rings is 1. The van der Waals surface area contributed by atoms with Crippen molar-refractivity contribution in [3.05, 3.63) is 59.4 Å². The second-order valence-electron chi connectivity index (χ2n) is 12.3. The Labute approximate surface area is 278 Å². The van der Waals surface area contributed by atoms with Gasteiger partial charge in [-0.3, -0.25) is 24.2 Å². The van der Waals surface area contributed by atoms with Gasteiger partial charge in [0.15, 0.2) is 0 Å². The van der Waals surface area contributed by atoms with Crippen LogP contribution in [0.2, 0.25) is 0 Å². The smallest absolute Gasteiger partial charge is 0.333 e. The van der Waals surface area contributed by atoms with Crippen molar-refractivity contribution in [3.63, 3.8) is 0 Å². The second kappa shape index (κ2) is 16.1. The van der Waals surface area contributed by atoms with E-state index in [0.717, 1.165) is 48.1 Å². The highest BCUT2D eigenvalue weighted by Gasteiger charge is 2.33. The number of amides is 6. The Morgan fingerprint density at radius 3 is 2.35 bits per heavy atom. The highest BCUT2D eigenvalue weighted by molar-refractivity contribution is 6.06. The molecule has 14 nitrogen and oxygen atoms in total. The van der Waals surface area contributed by atoms with E-state index < -0.39 is 17.8 Å². The molecule has 1 fully saturated rings. The van der Waals surface area contributed by atoms with Gasteiger partial charge in [-0.1, -0.05) is 31.9 Å². The lowest BCUT2D eigenvalue weighted by Gasteiger charge is -2.28. The molecule has 1 aromatic heterocycles. The Morgan fingerprint density at radius 2 is 1.60 bits per heavy atom. The summed E-state index contributed by atoms with van der Waals surface area (Å²) in [6.45, 7) is 4.08. The molecule has 4 heterocycles. The molecule has 0 aliphatic carbocycles. The number of rotatable bonds is 14. The number of anilines is 1. The first kappa shape index (κ1) is 34.2. The lowest BCUT2D eigenvalue weighted by atomic mass is 9.93. The van der Waals surface area contributed by atoms with Gasteiger partial charge in [0.2, 0.25) is 11.8 Å². The number of fused-ring (bicyclic) bond motifs is 1. The Kier molecular flexibility index (Phi) is 11.5. The number of urea groups is 1. The molecule has 0 spiro atoms. The van der Waals surface area contributed by atoms with Crippen molar-refractivity contribution in [1.29, 1.82) is 0 Å². The van der Waals surface area contributed by atoms with Gasteiger partial charge in [0.1, 0.15) is 0 Å². The van der Waals surface area contributed by atoms with Gasteiger partial charge < -0.3 is 20.4 Å². The van der Waals surface area contributed by atoms with Gasteiger partial charge in [-0.2, -0.15) is 5.10 Å². The van der Waals surface area contributed by atoms with Crippen LogP contribution >= 0.6 is 0 Å². The van der Waals surface area contributed by atoms with Crippen LogP contribution in [-0.2, 0) is 41.9 Å². The van der Waals surface area contributed by atoms with E-state index in [-0.39, 0.29) is 55.9 Å². The minimum Gasteiger partial charge on any atom is -0.356 e. The van der Waals surface area contributed by atoms with Crippen molar-refractivity contribution in [3.8, 4) is 0 Å². The number of benzene rings is 1. The number of carbonyl (C=O) groups is 6. The minimum absolute atomic E-state index is 0.00767. The van der Waals surface area contributed by atoms with Crippen LogP contribution < -0.4 is 10.6 Å². The zero-order valence-electron chi connectivity index (χ0n) is 27.1. The lowest BCUT2D eigenvalue weighted by molar-refractivity contribution is -0.197. The number of aromatic nitrogens is 1. The maximum Gasteiger partial charge on any atom is 0.333 e. The normalized spacial score (nSPS) is 17.4. The van der Waals surface area contributed by atoms with Crippen LogP contribution in [0.4, 0.5) is 10.5 Å². The van der Waals surface area contributed by atoms with E-state index >= 15 is 0 Å². The Morgan fingerprint density at radius 1 is 0.875 bits per heavy atom. The van der Waals surface area contributed by atoms with Crippen molar-refractivity contribution < 1.29 is 33.6 Å². The monoisotopic (exact) mass is 659 g/mol. The molecule has 1 aromatic carbocycles. The van der Waals surface area contributed by atoms with Crippen LogP contribution in [0.5, 0.6) is 0 Å². The minimum atomic E-state index is -0.716. The molecule has 2 N–H and O–H groups in total. The lowest BCUT2D eigenvalue weighted by Crippen LogP contribution is -2.36. The highest BCUT2D eigenvalue weighted by atomic mass is 16.7. The molecular weight excluding hydrogens is 618 g/mol. The number of hydroxylamine groups is 2. The Hall–Kier alpha value is -5.14. The number of unbranched alkanes of at least 4 members (excludes halogenated alkanes) is 3. The van der Waals surface area contributed by atoms with Gasteiger partial charge in [-0.15, -0.1) is 5.06 Å².